The van der Waals surface area contributed by atoms with Crippen LogP contribution in [-0.2, 0) is 0 Å². The average molecular weight is 1910 g/mol. The number of nitrogens with zero attached hydrogens (tertiary/aromatic N) is 12. The highest BCUT2D eigenvalue weighted by molar-refractivity contribution is 6.30. The summed E-state index contributed by atoms with van der Waals surface area (Å²) in [7, 11) is 0. The van der Waals surface area contributed by atoms with Crippen molar-refractivity contribution in [1.82, 2.24) is 57.3 Å². The minimum absolute atomic E-state index is 0.656. The molecule has 0 amide bonds. The van der Waals surface area contributed by atoms with E-state index in [1.807, 2.05) is 0 Å². The first-order chi connectivity index (χ1) is 74.5. The third-order valence-electron chi connectivity index (χ3n) is 30.9. The molecule has 0 aliphatic rings. The molecular weight excluding hydrogens is 1830 g/mol. The largest absolute Gasteiger partial charge is 0.309 e. The summed E-state index contributed by atoms with van der Waals surface area (Å²) in [5, 5.41) is 32.4. The molecule has 33 aromatic rings. The van der Waals surface area contributed by atoms with Crippen LogP contribution in [0.15, 0.2) is 510 Å². The van der Waals surface area contributed by atoms with Gasteiger partial charge in [0.1, 0.15) is 0 Å². The zero-order valence-corrected chi connectivity index (χ0v) is 80.9. The zero-order chi connectivity index (χ0) is 98.3. The minimum Gasteiger partial charge on any atom is -0.309 e. The van der Waals surface area contributed by atoms with Crippen LogP contribution in [0.5, 0.6) is 0 Å². The lowest BCUT2D eigenvalue weighted by Gasteiger charge is -2.15. The number of hydrogen-bond acceptors (Lipinski definition) is 6. The summed E-state index contributed by atoms with van der Waals surface area (Å²) >= 11 is 0. The molecule has 0 spiro atoms. The Hall–Kier alpha value is -20.3. The van der Waals surface area contributed by atoms with Gasteiger partial charge in [-0.05, 0) is 181 Å². The first-order valence-corrected chi connectivity index (χ1v) is 51.1. The highest BCUT2D eigenvalue weighted by Gasteiger charge is 2.29. The fourth-order valence-electron chi connectivity index (χ4n) is 24.4. The maximum atomic E-state index is 5.60. The molecule has 9 heterocycles. The molecule has 0 fully saturated rings. The van der Waals surface area contributed by atoms with Gasteiger partial charge in [0.25, 0.3) is 0 Å². The van der Waals surface area contributed by atoms with Crippen LogP contribution in [0.4, 0.5) is 0 Å². The standard InChI is InChI=1S/C50H30N4.C46H28N4.C42H26N4/c1-2-16-33(17-3-1)53-45-30-41(36-20-8-9-21-37(36)47(45)40-28-26-32-15-5-7-19-35(32)49(40)53)48-38-22-10-12-24-42(38)51-50(52-48)54-43-25-13-11-23-39(43)46-34-18-6-4-14-31(34)27-29-44(46)54;1-2-14-32(15-3-1)49-40-26-23-29-12-5-7-17-34(29)44(40)37-25-22-31(28-42(37)49)45-35-18-8-10-20-38(35)47-46(48-45)50-39-21-11-9-19-36(39)43-33-16-6-4-13-30(33)24-27-41(43)50;1-2-13-29(14-3-1)45-36-20-10-7-16-31(36)32-24-22-28(26-39(32)45)41-33-17-6-9-19-35(33)43-42(44-41)46-37-21-11-8-18-34(37)40-30-15-5-4-12-27(30)23-25-38(40)46/h1-30H;1-28H;1-26H. The number of aromatic nitrogens is 12. The summed E-state index contributed by atoms with van der Waals surface area (Å²) in [4.78, 5) is 32.2. The molecule has 696 valence electrons. The summed E-state index contributed by atoms with van der Waals surface area (Å²) in [6, 6.07) is 182. The Bertz CT molecular complexity index is 11500. The van der Waals surface area contributed by atoms with Crippen molar-refractivity contribution >= 4 is 228 Å². The monoisotopic (exact) mass is 1910 g/mol. The van der Waals surface area contributed by atoms with Gasteiger partial charge in [-0.25, -0.2) is 29.9 Å². The van der Waals surface area contributed by atoms with E-state index < -0.39 is 0 Å². The van der Waals surface area contributed by atoms with E-state index in [1.54, 1.807) is 0 Å². The molecule has 12 heteroatoms. The highest BCUT2D eigenvalue weighted by Crippen LogP contribution is 2.50. The van der Waals surface area contributed by atoms with E-state index in [9.17, 15) is 0 Å². The normalized spacial score (nSPS) is 12.0. The van der Waals surface area contributed by atoms with Crippen molar-refractivity contribution in [3.8, 4) is 68.7 Å². The van der Waals surface area contributed by atoms with Gasteiger partial charge in [0, 0.05) is 120 Å². The van der Waals surface area contributed by atoms with Crippen molar-refractivity contribution < 1.29 is 0 Å². The van der Waals surface area contributed by atoms with Gasteiger partial charge in [-0.1, -0.05) is 388 Å². The molecule has 0 aliphatic carbocycles. The number of benzene rings is 24. The van der Waals surface area contributed by atoms with E-state index in [-0.39, 0.29) is 0 Å². The Labute approximate surface area is 857 Å². The topological polar surface area (TPSA) is 107 Å². The number of rotatable bonds is 9. The van der Waals surface area contributed by atoms with Crippen LogP contribution in [0.1, 0.15) is 0 Å². The summed E-state index contributed by atoms with van der Waals surface area (Å²) < 4.78 is 13.9. The molecule has 0 saturated heterocycles. The van der Waals surface area contributed by atoms with Crippen LogP contribution in [0.25, 0.3) is 297 Å². The Morgan fingerprint density at radius 2 is 0.400 bits per heavy atom. The molecule has 0 aliphatic heterocycles. The van der Waals surface area contributed by atoms with Gasteiger partial charge in [-0.2, -0.15) is 0 Å². The lowest BCUT2D eigenvalue weighted by molar-refractivity contribution is 1.01. The molecule has 0 saturated carbocycles. The van der Waals surface area contributed by atoms with Crippen molar-refractivity contribution in [1.29, 1.82) is 0 Å². The molecular formula is C138H84N12. The number of para-hydroxylation sites is 10. The van der Waals surface area contributed by atoms with E-state index >= 15 is 0 Å². The van der Waals surface area contributed by atoms with Crippen molar-refractivity contribution in [2.24, 2.45) is 0 Å². The molecule has 12 nitrogen and oxygen atoms in total. The summed E-state index contributed by atoms with van der Waals surface area (Å²) in [6.45, 7) is 0. The summed E-state index contributed by atoms with van der Waals surface area (Å²) in [5.41, 5.74) is 25.6. The molecule has 9 aromatic heterocycles. The van der Waals surface area contributed by atoms with Crippen molar-refractivity contribution in [2.45, 2.75) is 0 Å². The van der Waals surface area contributed by atoms with Gasteiger partial charge in [-0.3, -0.25) is 13.7 Å². The lowest BCUT2D eigenvalue weighted by Crippen LogP contribution is -2.04. The lowest BCUT2D eigenvalue weighted by atomic mass is 9.95. The first kappa shape index (κ1) is 84.2. The maximum Gasteiger partial charge on any atom is 0.235 e. The first-order valence-electron chi connectivity index (χ1n) is 51.1. The molecule has 33 rings (SSSR count). The molecule has 0 unspecified atom stereocenters. The van der Waals surface area contributed by atoms with E-state index in [0.717, 1.165) is 139 Å². The van der Waals surface area contributed by atoms with Gasteiger partial charge >= 0.3 is 0 Å². The van der Waals surface area contributed by atoms with E-state index in [4.69, 9.17) is 29.9 Å². The smallest absolute Gasteiger partial charge is 0.235 e. The third kappa shape index (κ3) is 13.0. The Morgan fingerprint density at radius 1 is 0.133 bits per heavy atom. The third-order valence-corrected chi connectivity index (χ3v) is 30.9. The zero-order valence-electron chi connectivity index (χ0n) is 80.9. The van der Waals surface area contributed by atoms with Crippen molar-refractivity contribution in [3.05, 3.63) is 510 Å². The average Bonchev–Trinajstić information content (AvgIpc) is 1.57. The van der Waals surface area contributed by atoms with E-state index in [1.165, 1.54) is 140 Å². The Morgan fingerprint density at radius 3 is 0.827 bits per heavy atom. The molecule has 0 bridgehead atoms. The second kappa shape index (κ2) is 33.6. The predicted molar refractivity (Wildman–Crippen MR) is 626 cm³/mol. The second-order valence-electron chi connectivity index (χ2n) is 39.0. The molecule has 24 aromatic carbocycles. The Balaban J connectivity index is 0.000000102. The molecule has 0 atom stereocenters. The molecule has 150 heavy (non-hydrogen) atoms. The summed E-state index contributed by atoms with van der Waals surface area (Å²) in [6.07, 6.45) is 0. The van der Waals surface area contributed by atoms with Gasteiger partial charge in [-0.15, -0.1) is 0 Å². The fraction of sp³-hybridized carbons (Fsp3) is 0. The van der Waals surface area contributed by atoms with Gasteiger partial charge in [0.05, 0.1) is 99.8 Å². The van der Waals surface area contributed by atoms with Crippen LogP contribution < -0.4 is 0 Å². The quantitative estimate of drug-likeness (QED) is 0.142. The molecule has 0 N–H and O–H groups in total. The van der Waals surface area contributed by atoms with Crippen LogP contribution in [-0.4, -0.2) is 57.3 Å². The van der Waals surface area contributed by atoms with Crippen molar-refractivity contribution in [3.63, 3.8) is 0 Å². The van der Waals surface area contributed by atoms with Crippen LogP contribution in [0.3, 0.4) is 0 Å². The predicted octanol–water partition coefficient (Wildman–Crippen LogP) is 35.4. The SMILES string of the molecule is c1ccc(-n2c3cc(-c4nc(-n5c6ccccc6c6c7ccccc7ccc65)nc5ccccc45)c4ccccc4c3c3ccc4ccccc4c32)cc1.c1ccc(-n2c3cc(-c4nc(-n5c6ccccc6c6c7ccccc7ccc65)nc5ccccc45)ccc3c3c4ccccc4ccc32)cc1.c1ccc(-n2c3ccccc3c3ccc(-c4nc(-n5c6ccccc6c6c7ccccc7ccc65)nc5ccccc45)cc32)cc1. The Kier molecular flexibility index (Phi) is 18.9. The van der Waals surface area contributed by atoms with Crippen molar-refractivity contribution in [2.75, 3.05) is 0 Å². The minimum atomic E-state index is 0.656. The van der Waals surface area contributed by atoms with Gasteiger partial charge in [0.2, 0.25) is 17.8 Å². The highest BCUT2D eigenvalue weighted by atomic mass is 15.2. The maximum absolute atomic E-state index is 5.60. The van der Waals surface area contributed by atoms with E-state index in [0.29, 0.717) is 17.8 Å². The number of fused-ring (bicyclic) bond motifs is 33. The van der Waals surface area contributed by atoms with E-state index in [2.05, 4.69) is 537 Å². The van der Waals surface area contributed by atoms with Crippen LogP contribution in [0, 0.1) is 0 Å². The second-order valence-corrected chi connectivity index (χ2v) is 39.0. The fourth-order valence-corrected chi connectivity index (χ4v) is 24.4. The van der Waals surface area contributed by atoms with Crippen LogP contribution >= 0.6 is 0 Å². The van der Waals surface area contributed by atoms with Gasteiger partial charge in [0.15, 0.2) is 0 Å². The van der Waals surface area contributed by atoms with Gasteiger partial charge < -0.3 is 13.7 Å². The molecule has 0 radical (unpaired) electrons. The summed E-state index contributed by atoms with van der Waals surface area (Å²) in [5.74, 6) is 1.98. The number of hydrogen-bond donors (Lipinski definition) is 0. The van der Waals surface area contributed by atoms with Crippen LogP contribution in [0.2, 0.25) is 0 Å².